The van der Waals surface area contributed by atoms with E-state index in [1.165, 1.54) is 25.7 Å². The second-order valence-electron chi connectivity index (χ2n) is 14.5. The van der Waals surface area contributed by atoms with Crippen LogP contribution in [0.1, 0.15) is 181 Å². The molecule has 0 bridgehead atoms. The molecule has 0 radical (unpaired) electrons. The fraction of sp³-hybridized carbons (Fsp3) is 0.596. The molecule has 0 N–H and O–H groups in total. The van der Waals surface area contributed by atoms with Gasteiger partial charge in [0.1, 0.15) is 13.2 Å². The zero-order valence-electron chi connectivity index (χ0n) is 37.0. The number of hydrogen-bond donors (Lipinski definition) is 0. The summed E-state index contributed by atoms with van der Waals surface area (Å²) < 4.78 is 16.6. The molecule has 0 aliphatic heterocycles. The zero-order chi connectivity index (χ0) is 42.3. The Morgan fingerprint density at radius 3 is 1.17 bits per heavy atom. The Labute approximate surface area is 355 Å². The lowest BCUT2D eigenvalue weighted by molar-refractivity contribution is -0.167. The van der Waals surface area contributed by atoms with E-state index in [0.717, 1.165) is 103 Å². The Morgan fingerprint density at radius 1 is 0.362 bits per heavy atom. The van der Waals surface area contributed by atoms with Crippen molar-refractivity contribution in [2.24, 2.45) is 0 Å². The van der Waals surface area contributed by atoms with E-state index in [1.54, 1.807) is 0 Å². The minimum Gasteiger partial charge on any atom is -0.462 e. The van der Waals surface area contributed by atoms with Gasteiger partial charge in [-0.1, -0.05) is 162 Å². The van der Waals surface area contributed by atoms with Crippen molar-refractivity contribution in [1.82, 2.24) is 0 Å². The van der Waals surface area contributed by atoms with Crippen LogP contribution >= 0.6 is 0 Å². The van der Waals surface area contributed by atoms with E-state index in [2.05, 4.69) is 130 Å². The molecule has 0 amide bonds. The molecule has 0 saturated carbocycles. The molecule has 0 aliphatic rings. The third-order valence-electron chi connectivity index (χ3n) is 8.99. The second-order valence-corrected chi connectivity index (χ2v) is 14.5. The molecule has 6 heteroatoms. The third kappa shape index (κ3) is 43.2. The summed E-state index contributed by atoms with van der Waals surface area (Å²) in [5, 5.41) is 0. The van der Waals surface area contributed by atoms with Gasteiger partial charge in [-0.3, -0.25) is 14.4 Å². The topological polar surface area (TPSA) is 78.9 Å². The molecule has 0 saturated heterocycles. The Bertz CT molecular complexity index is 1240. The molecule has 0 fully saturated rings. The Morgan fingerprint density at radius 2 is 0.690 bits per heavy atom. The zero-order valence-corrected chi connectivity index (χ0v) is 37.0. The molecule has 0 aromatic rings. The van der Waals surface area contributed by atoms with Crippen LogP contribution in [0.15, 0.2) is 109 Å². The van der Waals surface area contributed by atoms with Gasteiger partial charge in [0.15, 0.2) is 6.10 Å². The molecular formula is C52H82O6. The molecule has 326 valence electrons. The van der Waals surface area contributed by atoms with Crippen molar-refractivity contribution >= 4 is 17.9 Å². The second kappa shape index (κ2) is 45.8. The van der Waals surface area contributed by atoms with Crippen LogP contribution < -0.4 is 0 Å². The third-order valence-corrected chi connectivity index (χ3v) is 8.99. The molecule has 58 heavy (non-hydrogen) atoms. The Balaban J connectivity index is 4.55. The van der Waals surface area contributed by atoms with Crippen molar-refractivity contribution in [2.45, 2.75) is 187 Å². The van der Waals surface area contributed by atoms with Crippen molar-refractivity contribution in [3.05, 3.63) is 109 Å². The fourth-order valence-electron chi connectivity index (χ4n) is 5.59. The molecular weight excluding hydrogens is 721 g/mol. The first-order chi connectivity index (χ1) is 28.5. The molecule has 0 spiro atoms. The molecule has 0 aliphatic carbocycles. The molecule has 1 atom stereocenters. The smallest absolute Gasteiger partial charge is 0.306 e. The van der Waals surface area contributed by atoms with Crippen LogP contribution in [-0.2, 0) is 28.6 Å². The summed E-state index contributed by atoms with van der Waals surface area (Å²) in [6.45, 7) is 6.24. The first-order valence-corrected chi connectivity index (χ1v) is 22.9. The Kier molecular flexibility index (Phi) is 42.7. The number of rotatable bonds is 39. The highest BCUT2D eigenvalue weighted by atomic mass is 16.6. The SMILES string of the molecule is CC/C=C\C/C=C\C/C=C\C/C=C\C/C=C\CCCC(=O)OCC(COC(=O)CCCCCCC/C=C\CCCC)OC(=O)CCCC/C=C\C/C=C\C/C=C\CC. The first-order valence-electron chi connectivity index (χ1n) is 22.9. The summed E-state index contributed by atoms with van der Waals surface area (Å²) in [5.74, 6) is -1.04. The highest BCUT2D eigenvalue weighted by Crippen LogP contribution is 2.11. The van der Waals surface area contributed by atoms with E-state index in [9.17, 15) is 14.4 Å². The number of allylic oxidation sites excluding steroid dienone is 18. The van der Waals surface area contributed by atoms with Crippen LogP contribution in [-0.4, -0.2) is 37.2 Å². The predicted molar refractivity (Wildman–Crippen MR) is 247 cm³/mol. The van der Waals surface area contributed by atoms with E-state index >= 15 is 0 Å². The van der Waals surface area contributed by atoms with Gasteiger partial charge >= 0.3 is 17.9 Å². The van der Waals surface area contributed by atoms with Crippen molar-refractivity contribution in [1.29, 1.82) is 0 Å². The van der Waals surface area contributed by atoms with Crippen LogP contribution in [0.4, 0.5) is 0 Å². The highest BCUT2D eigenvalue weighted by molar-refractivity contribution is 5.71. The van der Waals surface area contributed by atoms with Gasteiger partial charge in [0.05, 0.1) is 0 Å². The van der Waals surface area contributed by atoms with Crippen molar-refractivity contribution in [2.75, 3.05) is 13.2 Å². The number of carbonyl (C=O) groups is 3. The highest BCUT2D eigenvalue weighted by Gasteiger charge is 2.19. The van der Waals surface area contributed by atoms with Crippen LogP contribution in [0.25, 0.3) is 0 Å². The van der Waals surface area contributed by atoms with Crippen LogP contribution in [0.3, 0.4) is 0 Å². The number of esters is 3. The van der Waals surface area contributed by atoms with Crippen molar-refractivity contribution < 1.29 is 28.6 Å². The van der Waals surface area contributed by atoms with E-state index in [4.69, 9.17) is 14.2 Å². The van der Waals surface area contributed by atoms with Crippen molar-refractivity contribution in [3.63, 3.8) is 0 Å². The van der Waals surface area contributed by atoms with Crippen molar-refractivity contribution in [3.8, 4) is 0 Å². The fourth-order valence-corrected chi connectivity index (χ4v) is 5.59. The van der Waals surface area contributed by atoms with Crippen LogP contribution in [0.5, 0.6) is 0 Å². The van der Waals surface area contributed by atoms with Gasteiger partial charge < -0.3 is 14.2 Å². The normalized spacial score (nSPS) is 13.1. The van der Waals surface area contributed by atoms with Gasteiger partial charge in [-0.05, 0) is 109 Å². The van der Waals surface area contributed by atoms with Gasteiger partial charge in [-0.15, -0.1) is 0 Å². The standard InChI is InChI=1S/C52H82O6/c1-4-7-10-13-16-19-22-24-25-26-27-28-31-33-36-39-42-45-51(54)57-48-49(47-56-50(53)44-41-38-35-32-29-21-18-15-12-9-6-3)58-52(55)46-43-40-37-34-30-23-20-17-14-11-8-5-2/h7-8,10-11,15-20,24-25,27-28,30,33-34,36,49H,4-6,9,12-14,21-23,26,29,31-32,35,37-48H2,1-3H3/b10-7-,11-8-,18-15-,19-16-,20-17-,25-24-,28-27-,34-30-,36-33-. The van der Waals surface area contributed by atoms with Gasteiger partial charge in [0, 0.05) is 19.3 Å². The Hall–Kier alpha value is -3.93. The van der Waals surface area contributed by atoms with Crippen LogP contribution in [0.2, 0.25) is 0 Å². The molecule has 1 unspecified atom stereocenters. The monoisotopic (exact) mass is 803 g/mol. The van der Waals surface area contributed by atoms with Gasteiger partial charge in [-0.2, -0.15) is 0 Å². The van der Waals surface area contributed by atoms with E-state index in [1.807, 2.05) is 0 Å². The molecule has 0 aromatic heterocycles. The predicted octanol–water partition coefficient (Wildman–Crippen LogP) is 14.8. The number of carbonyl (C=O) groups excluding carboxylic acids is 3. The first kappa shape index (κ1) is 54.1. The molecule has 6 nitrogen and oxygen atoms in total. The summed E-state index contributed by atoms with van der Waals surface area (Å²) in [6, 6.07) is 0. The van der Waals surface area contributed by atoms with Gasteiger partial charge in [0.2, 0.25) is 0 Å². The molecule has 0 heterocycles. The maximum Gasteiger partial charge on any atom is 0.306 e. The number of hydrogen-bond acceptors (Lipinski definition) is 6. The minimum absolute atomic E-state index is 0.118. The van der Waals surface area contributed by atoms with Gasteiger partial charge in [0.25, 0.3) is 0 Å². The summed E-state index contributed by atoms with van der Waals surface area (Å²) in [6.07, 6.45) is 60.8. The lowest BCUT2D eigenvalue weighted by Crippen LogP contribution is -2.30. The van der Waals surface area contributed by atoms with Gasteiger partial charge in [-0.25, -0.2) is 0 Å². The number of unbranched alkanes of at least 4 members (excludes halogenated alkanes) is 10. The molecule has 0 aromatic carbocycles. The lowest BCUT2D eigenvalue weighted by atomic mass is 10.1. The van der Waals surface area contributed by atoms with E-state index in [-0.39, 0.29) is 44.0 Å². The minimum atomic E-state index is -0.824. The maximum absolute atomic E-state index is 12.7. The molecule has 0 rings (SSSR count). The maximum atomic E-state index is 12.7. The summed E-state index contributed by atoms with van der Waals surface area (Å²) in [5.41, 5.74) is 0. The average molecular weight is 803 g/mol. The summed E-state index contributed by atoms with van der Waals surface area (Å²) >= 11 is 0. The largest absolute Gasteiger partial charge is 0.462 e. The average Bonchev–Trinajstić information content (AvgIpc) is 3.22. The van der Waals surface area contributed by atoms with E-state index in [0.29, 0.717) is 19.3 Å². The van der Waals surface area contributed by atoms with Crippen LogP contribution in [0, 0.1) is 0 Å². The lowest BCUT2D eigenvalue weighted by Gasteiger charge is -2.18. The number of ether oxygens (including phenoxy) is 3. The summed E-state index contributed by atoms with van der Waals surface area (Å²) in [4.78, 5) is 37.7. The van der Waals surface area contributed by atoms with E-state index < -0.39 is 6.10 Å². The quantitative estimate of drug-likeness (QED) is 0.0267. The summed E-state index contributed by atoms with van der Waals surface area (Å²) in [7, 11) is 0.